The maximum atomic E-state index is 13.0. The van der Waals surface area contributed by atoms with Crippen molar-refractivity contribution in [3.8, 4) is 0 Å². The van der Waals surface area contributed by atoms with Crippen LogP contribution in [0.3, 0.4) is 0 Å². The fourth-order valence-corrected chi connectivity index (χ4v) is 5.57. The van der Waals surface area contributed by atoms with Gasteiger partial charge in [-0.25, -0.2) is 9.48 Å². The molecule has 0 bridgehead atoms. The molecule has 16 heteroatoms. The number of carbonyl (C=O) groups excluding carboxylic acids is 2. The SMILES string of the molecule is COC1(NC(=O)Cn2cnnn2)C(=O)N2C(C(=O)O)=C(CSc3nnc(C)o3)CS[C@@H]21. The van der Waals surface area contributed by atoms with Crippen LogP contribution in [0.2, 0.25) is 0 Å². The van der Waals surface area contributed by atoms with E-state index in [1.54, 1.807) is 6.92 Å². The summed E-state index contributed by atoms with van der Waals surface area (Å²) in [5, 5.41) is 30.0. The Kier molecular flexibility index (Phi) is 5.67. The van der Waals surface area contributed by atoms with Gasteiger partial charge in [-0.15, -0.1) is 27.1 Å². The summed E-state index contributed by atoms with van der Waals surface area (Å²) in [6.45, 7) is 1.42. The van der Waals surface area contributed by atoms with E-state index in [4.69, 9.17) is 9.15 Å². The number of thioether (sulfide) groups is 2. The fraction of sp³-hybridized carbons (Fsp3) is 0.467. The van der Waals surface area contributed by atoms with Gasteiger partial charge >= 0.3 is 5.97 Å². The van der Waals surface area contributed by atoms with Crippen molar-refractivity contribution in [1.82, 2.24) is 40.6 Å². The zero-order chi connectivity index (χ0) is 22.2. The second-order valence-electron chi connectivity index (χ2n) is 6.47. The van der Waals surface area contributed by atoms with Gasteiger partial charge in [0.05, 0.1) is 0 Å². The Balaban J connectivity index is 1.52. The fourth-order valence-electron chi connectivity index (χ4n) is 3.19. The number of carboxylic acid groups (broad SMARTS) is 1. The minimum absolute atomic E-state index is 0.139. The average Bonchev–Trinajstić information content (AvgIpc) is 3.40. The number of tetrazole rings is 1. The molecule has 14 nitrogen and oxygen atoms in total. The second-order valence-corrected chi connectivity index (χ2v) is 8.46. The van der Waals surface area contributed by atoms with Crippen molar-refractivity contribution >= 4 is 41.3 Å². The Morgan fingerprint density at radius 3 is 2.90 bits per heavy atom. The van der Waals surface area contributed by atoms with E-state index in [-0.39, 0.29) is 18.0 Å². The molecular formula is C15H16N8O6S2. The number of nitrogens with one attached hydrogen (secondary N) is 1. The van der Waals surface area contributed by atoms with Gasteiger partial charge in [0.15, 0.2) is 0 Å². The summed E-state index contributed by atoms with van der Waals surface area (Å²) in [6, 6.07) is 0. The number of carbonyl (C=O) groups is 3. The first-order valence-electron chi connectivity index (χ1n) is 8.76. The molecule has 1 fully saturated rings. The molecule has 2 aliphatic rings. The van der Waals surface area contributed by atoms with Gasteiger partial charge in [-0.1, -0.05) is 11.8 Å². The van der Waals surface area contributed by atoms with Crippen LogP contribution in [0.4, 0.5) is 0 Å². The molecule has 1 saturated heterocycles. The predicted octanol–water partition coefficient (Wildman–Crippen LogP) is -1.13. The first-order valence-corrected chi connectivity index (χ1v) is 10.8. The monoisotopic (exact) mass is 468 g/mol. The number of carboxylic acids is 1. The Morgan fingerprint density at radius 2 is 2.29 bits per heavy atom. The van der Waals surface area contributed by atoms with Crippen molar-refractivity contribution in [3.05, 3.63) is 23.5 Å². The number of amides is 2. The van der Waals surface area contributed by atoms with Crippen molar-refractivity contribution in [3.63, 3.8) is 0 Å². The smallest absolute Gasteiger partial charge is 0.352 e. The van der Waals surface area contributed by atoms with E-state index in [0.717, 1.165) is 4.90 Å². The van der Waals surface area contributed by atoms with Crippen molar-refractivity contribution in [2.75, 3.05) is 18.6 Å². The number of aryl methyl sites for hydroxylation is 1. The summed E-state index contributed by atoms with van der Waals surface area (Å²) in [7, 11) is 1.28. The molecule has 2 aromatic heterocycles. The second kappa shape index (κ2) is 8.27. The topological polar surface area (TPSA) is 178 Å². The standard InChI is InChI=1S/C15H16N8O6S2/c1-7-18-19-14(29-7)31-5-8-4-30-13-15(28-2,12(27)23(13)10(8)11(25)26)17-9(24)3-22-6-16-20-21-22/h6,13H,3-5H2,1-2H3,(H,17,24)(H,25,26)/t13-,15?/m1/s1. The van der Waals surface area contributed by atoms with E-state index in [1.807, 2.05) is 0 Å². The van der Waals surface area contributed by atoms with Crippen LogP contribution in [0.25, 0.3) is 0 Å². The summed E-state index contributed by atoms with van der Waals surface area (Å²) in [4.78, 5) is 38.5. The lowest BCUT2D eigenvalue weighted by molar-refractivity contribution is -0.192. The lowest BCUT2D eigenvalue weighted by atomic mass is 9.98. The van der Waals surface area contributed by atoms with E-state index >= 15 is 0 Å². The van der Waals surface area contributed by atoms with E-state index in [9.17, 15) is 19.5 Å². The summed E-state index contributed by atoms with van der Waals surface area (Å²) < 4.78 is 11.9. The van der Waals surface area contributed by atoms with Gasteiger partial charge in [0.1, 0.15) is 23.9 Å². The minimum Gasteiger partial charge on any atom is -0.477 e. The molecule has 0 aliphatic carbocycles. The molecule has 2 aromatic rings. The molecule has 0 spiro atoms. The summed E-state index contributed by atoms with van der Waals surface area (Å²) in [5.74, 6) is -1.53. The maximum Gasteiger partial charge on any atom is 0.352 e. The third kappa shape index (κ3) is 3.77. The van der Waals surface area contributed by atoms with E-state index in [1.165, 1.54) is 41.6 Å². The normalized spacial score (nSPS) is 22.8. The van der Waals surface area contributed by atoms with Gasteiger partial charge in [0.2, 0.25) is 11.8 Å². The average molecular weight is 468 g/mol. The van der Waals surface area contributed by atoms with Gasteiger partial charge in [-0.2, -0.15) is 0 Å². The number of hydrogen-bond donors (Lipinski definition) is 2. The number of rotatable bonds is 8. The Hall–Kier alpha value is -2.98. The Bertz CT molecular complexity index is 1060. The maximum absolute atomic E-state index is 13.0. The number of hydrogen-bond acceptors (Lipinski definition) is 12. The van der Waals surface area contributed by atoms with Gasteiger partial charge in [0, 0.05) is 25.5 Å². The summed E-state index contributed by atoms with van der Waals surface area (Å²) in [6.07, 6.45) is 1.25. The first kappa shape index (κ1) is 21.3. The molecule has 2 N–H and O–H groups in total. The number of aromatic nitrogens is 6. The van der Waals surface area contributed by atoms with E-state index in [0.29, 0.717) is 22.4 Å². The van der Waals surface area contributed by atoms with Crippen molar-refractivity contribution in [2.24, 2.45) is 0 Å². The van der Waals surface area contributed by atoms with Gasteiger partial charge < -0.3 is 19.6 Å². The van der Waals surface area contributed by atoms with Crippen molar-refractivity contribution in [2.45, 2.75) is 29.8 Å². The highest BCUT2D eigenvalue weighted by atomic mass is 32.2. The minimum atomic E-state index is -1.68. The molecule has 2 amide bonds. The predicted molar refractivity (Wildman–Crippen MR) is 103 cm³/mol. The largest absolute Gasteiger partial charge is 0.477 e. The molecule has 0 radical (unpaired) electrons. The van der Waals surface area contributed by atoms with E-state index in [2.05, 4.69) is 31.0 Å². The van der Waals surface area contributed by atoms with Crippen molar-refractivity contribution < 1.29 is 28.6 Å². The third-order valence-electron chi connectivity index (χ3n) is 4.53. The van der Waals surface area contributed by atoms with Crippen LogP contribution in [-0.4, -0.2) is 87.9 Å². The molecule has 1 unspecified atom stereocenters. The van der Waals surface area contributed by atoms with Crippen LogP contribution in [0.5, 0.6) is 0 Å². The first-order chi connectivity index (χ1) is 14.9. The molecule has 31 heavy (non-hydrogen) atoms. The van der Waals surface area contributed by atoms with Gasteiger partial charge in [0.25, 0.3) is 16.9 Å². The molecule has 0 saturated carbocycles. The lowest BCUT2D eigenvalue weighted by Crippen LogP contribution is -2.80. The molecule has 164 valence electrons. The Morgan fingerprint density at radius 1 is 1.48 bits per heavy atom. The lowest BCUT2D eigenvalue weighted by Gasteiger charge is -2.55. The zero-order valence-electron chi connectivity index (χ0n) is 16.2. The molecule has 2 atom stereocenters. The van der Waals surface area contributed by atoms with Crippen LogP contribution in [0.15, 0.2) is 27.2 Å². The summed E-state index contributed by atoms with van der Waals surface area (Å²) in [5.41, 5.74) is -1.30. The quantitative estimate of drug-likeness (QED) is 0.270. The van der Waals surface area contributed by atoms with Gasteiger partial charge in [-0.05, 0) is 16.0 Å². The highest BCUT2D eigenvalue weighted by Crippen LogP contribution is 2.47. The summed E-state index contributed by atoms with van der Waals surface area (Å²) >= 11 is 2.47. The number of aliphatic carboxylic acids is 1. The number of ether oxygens (including phenoxy) is 1. The molecule has 0 aromatic carbocycles. The van der Waals surface area contributed by atoms with Crippen LogP contribution >= 0.6 is 23.5 Å². The highest BCUT2D eigenvalue weighted by Gasteiger charge is 2.66. The number of nitrogens with zero attached hydrogens (tertiary/aromatic N) is 7. The molecular weight excluding hydrogens is 452 g/mol. The van der Waals surface area contributed by atoms with Crippen LogP contribution in [0.1, 0.15) is 5.89 Å². The third-order valence-corrected chi connectivity index (χ3v) is 6.81. The van der Waals surface area contributed by atoms with Gasteiger partial charge in [-0.3, -0.25) is 14.5 Å². The van der Waals surface area contributed by atoms with E-state index < -0.39 is 28.9 Å². The van der Waals surface area contributed by atoms with Crippen LogP contribution in [0, 0.1) is 6.92 Å². The molecule has 4 rings (SSSR count). The zero-order valence-corrected chi connectivity index (χ0v) is 17.8. The molecule has 2 aliphatic heterocycles. The number of methoxy groups -OCH3 is 1. The van der Waals surface area contributed by atoms with Crippen LogP contribution < -0.4 is 5.32 Å². The molecule has 4 heterocycles. The van der Waals surface area contributed by atoms with Crippen molar-refractivity contribution in [1.29, 1.82) is 0 Å². The Labute approximate surface area is 182 Å². The number of fused-ring (bicyclic) bond motifs is 1. The highest BCUT2D eigenvalue weighted by molar-refractivity contribution is 8.01. The van der Waals surface area contributed by atoms with Crippen LogP contribution in [-0.2, 0) is 25.7 Å². The number of β-lactam (4-membered cyclic amide) rings is 1.